The Kier molecular flexibility index (Phi) is 3.13. The van der Waals surface area contributed by atoms with Crippen LogP contribution < -0.4 is 4.90 Å². The lowest BCUT2D eigenvalue weighted by atomic mass is 9.85. The molecule has 0 spiro atoms. The number of rotatable bonds is 3. The molecule has 2 aliphatic rings. The minimum atomic E-state index is -0.987. The number of fused-ring (bicyclic) bond motifs is 1. The maximum atomic E-state index is 12.3. The Morgan fingerprint density at radius 3 is 2.45 bits per heavy atom. The second-order valence-electron chi connectivity index (χ2n) is 4.86. The number of carboxylic acid groups (broad SMARTS) is 1. The number of anilines is 1. The molecule has 1 fully saturated rings. The molecular formula is C13H12N2O4S. The quantitative estimate of drug-likeness (QED) is 0.668. The highest BCUT2D eigenvalue weighted by Crippen LogP contribution is 2.38. The summed E-state index contributed by atoms with van der Waals surface area (Å²) in [5.74, 6) is -2.02. The number of thiazole rings is 1. The largest absolute Gasteiger partial charge is 0.481 e. The summed E-state index contributed by atoms with van der Waals surface area (Å²) < 4.78 is 0. The summed E-state index contributed by atoms with van der Waals surface area (Å²) in [6.45, 7) is 0. The number of carbonyl (C=O) groups is 3. The molecule has 6 nitrogen and oxygen atoms in total. The van der Waals surface area contributed by atoms with E-state index in [-0.39, 0.29) is 35.2 Å². The highest BCUT2D eigenvalue weighted by atomic mass is 32.1. The molecule has 2 heterocycles. The molecule has 1 aromatic rings. The molecule has 1 aliphatic heterocycles. The van der Waals surface area contributed by atoms with E-state index in [0.29, 0.717) is 18.5 Å². The predicted octanol–water partition coefficient (Wildman–Crippen LogP) is 1.23. The first kappa shape index (κ1) is 13.0. The van der Waals surface area contributed by atoms with Gasteiger partial charge in [0, 0.05) is 5.38 Å². The third-order valence-electron chi connectivity index (χ3n) is 3.57. The van der Waals surface area contributed by atoms with Crippen LogP contribution in [-0.4, -0.2) is 27.9 Å². The van der Waals surface area contributed by atoms with Crippen LogP contribution in [0.1, 0.15) is 18.5 Å². The van der Waals surface area contributed by atoms with Crippen LogP contribution >= 0.6 is 11.3 Å². The van der Waals surface area contributed by atoms with Crippen LogP contribution in [0.15, 0.2) is 17.5 Å². The molecule has 2 unspecified atom stereocenters. The molecule has 2 amide bonds. The molecule has 1 aromatic heterocycles. The molecular weight excluding hydrogens is 280 g/mol. The lowest BCUT2D eigenvalue weighted by Gasteiger charge is -2.14. The lowest BCUT2D eigenvalue weighted by Crippen LogP contribution is -2.30. The van der Waals surface area contributed by atoms with E-state index in [0.717, 1.165) is 16.2 Å². The smallest absolute Gasteiger partial charge is 0.309 e. The number of hydrogen-bond acceptors (Lipinski definition) is 5. The van der Waals surface area contributed by atoms with Crippen LogP contribution in [0.3, 0.4) is 0 Å². The van der Waals surface area contributed by atoms with Gasteiger partial charge in [-0.15, -0.1) is 11.3 Å². The second kappa shape index (κ2) is 4.82. The van der Waals surface area contributed by atoms with E-state index >= 15 is 0 Å². The number of aliphatic carboxylic acids is 1. The molecule has 20 heavy (non-hydrogen) atoms. The van der Waals surface area contributed by atoms with Gasteiger partial charge < -0.3 is 5.11 Å². The standard InChI is InChI=1S/C13H12N2O4S/c16-10(17)5-7-6-20-13(14-7)15-11(18)8-3-1-2-4-9(8)12(15)19/h1-2,6,8-9H,3-5H2,(H,16,17). The third-order valence-corrected chi connectivity index (χ3v) is 4.45. The van der Waals surface area contributed by atoms with Gasteiger partial charge in [-0.25, -0.2) is 9.88 Å². The van der Waals surface area contributed by atoms with E-state index in [9.17, 15) is 14.4 Å². The highest BCUT2D eigenvalue weighted by molar-refractivity contribution is 7.14. The van der Waals surface area contributed by atoms with Crippen molar-refractivity contribution in [2.45, 2.75) is 19.3 Å². The van der Waals surface area contributed by atoms with Crippen LogP contribution in [0.4, 0.5) is 5.13 Å². The summed E-state index contributed by atoms with van der Waals surface area (Å²) >= 11 is 1.13. The first-order valence-electron chi connectivity index (χ1n) is 6.27. The van der Waals surface area contributed by atoms with E-state index in [1.807, 2.05) is 12.2 Å². The second-order valence-corrected chi connectivity index (χ2v) is 5.70. The van der Waals surface area contributed by atoms with Gasteiger partial charge >= 0.3 is 5.97 Å². The highest BCUT2D eigenvalue weighted by Gasteiger charge is 2.48. The molecule has 0 radical (unpaired) electrons. The van der Waals surface area contributed by atoms with Gasteiger partial charge in [0.05, 0.1) is 24.0 Å². The van der Waals surface area contributed by atoms with Crippen molar-refractivity contribution in [1.29, 1.82) is 0 Å². The number of nitrogens with zero attached hydrogens (tertiary/aromatic N) is 2. The Labute approximate surface area is 118 Å². The number of hydrogen-bond donors (Lipinski definition) is 1. The van der Waals surface area contributed by atoms with Gasteiger partial charge in [0.2, 0.25) is 11.8 Å². The molecule has 7 heteroatoms. The third kappa shape index (κ3) is 2.03. The van der Waals surface area contributed by atoms with Gasteiger partial charge in [0.15, 0.2) is 5.13 Å². The summed E-state index contributed by atoms with van der Waals surface area (Å²) in [4.78, 5) is 40.5. The number of imide groups is 1. The van der Waals surface area contributed by atoms with Crippen molar-refractivity contribution in [3.63, 3.8) is 0 Å². The normalized spacial score (nSPS) is 25.1. The van der Waals surface area contributed by atoms with Gasteiger partial charge in [-0.1, -0.05) is 12.2 Å². The summed E-state index contributed by atoms with van der Waals surface area (Å²) in [6, 6.07) is 0. The molecule has 0 bridgehead atoms. The van der Waals surface area contributed by atoms with E-state index in [1.54, 1.807) is 5.38 Å². The summed E-state index contributed by atoms with van der Waals surface area (Å²) in [6.07, 6.45) is 4.81. The molecule has 104 valence electrons. The summed E-state index contributed by atoms with van der Waals surface area (Å²) in [5, 5.41) is 10.6. The Morgan fingerprint density at radius 1 is 1.30 bits per heavy atom. The SMILES string of the molecule is O=C(O)Cc1csc(N2C(=O)C3CC=CCC3C2=O)n1. The van der Waals surface area contributed by atoms with E-state index < -0.39 is 5.97 Å². The molecule has 1 aliphatic carbocycles. The molecule has 0 saturated carbocycles. The Bertz CT molecular complexity index is 596. The molecule has 2 atom stereocenters. The van der Waals surface area contributed by atoms with Gasteiger partial charge in [0.25, 0.3) is 0 Å². The summed E-state index contributed by atoms with van der Waals surface area (Å²) in [7, 11) is 0. The fraction of sp³-hybridized carbons (Fsp3) is 0.385. The van der Waals surface area contributed by atoms with Crippen molar-refractivity contribution < 1.29 is 19.5 Å². The van der Waals surface area contributed by atoms with Crippen LogP contribution in [-0.2, 0) is 20.8 Å². The van der Waals surface area contributed by atoms with E-state index in [4.69, 9.17) is 5.11 Å². The number of carbonyl (C=O) groups excluding carboxylic acids is 2. The van der Waals surface area contributed by atoms with Crippen LogP contribution in [0.25, 0.3) is 0 Å². The van der Waals surface area contributed by atoms with Crippen molar-refractivity contribution in [3.8, 4) is 0 Å². The number of aromatic nitrogens is 1. The van der Waals surface area contributed by atoms with Crippen LogP contribution in [0, 0.1) is 11.8 Å². The maximum Gasteiger partial charge on any atom is 0.309 e. The Morgan fingerprint density at radius 2 is 1.90 bits per heavy atom. The van der Waals surface area contributed by atoms with E-state index in [1.165, 1.54) is 0 Å². The Balaban J connectivity index is 1.87. The summed E-state index contributed by atoms with van der Waals surface area (Å²) in [5.41, 5.74) is 0.367. The zero-order valence-electron chi connectivity index (χ0n) is 10.5. The molecule has 1 N–H and O–H groups in total. The van der Waals surface area contributed by atoms with Crippen molar-refractivity contribution in [3.05, 3.63) is 23.2 Å². The average Bonchev–Trinajstić information content (AvgIpc) is 2.94. The average molecular weight is 292 g/mol. The fourth-order valence-electron chi connectivity index (χ4n) is 2.62. The monoisotopic (exact) mass is 292 g/mol. The van der Waals surface area contributed by atoms with Crippen molar-refractivity contribution in [1.82, 2.24) is 4.98 Å². The number of amides is 2. The van der Waals surface area contributed by atoms with Gasteiger partial charge in [0.1, 0.15) is 0 Å². The molecule has 1 saturated heterocycles. The zero-order valence-corrected chi connectivity index (χ0v) is 11.3. The maximum absolute atomic E-state index is 12.3. The number of carboxylic acids is 1. The van der Waals surface area contributed by atoms with Crippen LogP contribution in [0.5, 0.6) is 0 Å². The first-order chi connectivity index (χ1) is 9.58. The van der Waals surface area contributed by atoms with Crippen LogP contribution in [0.2, 0.25) is 0 Å². The minimum absolute atomic E-state index is 0.207. The minimum Gasteiger partial charge on any atom is -0.481 e. The predicted molar refractivity (Wildman–Crippen MR) is 71.3 cm³/mol. The van der Waals surface area contributed by atoms with Crippen molar-refractivity contribution >= 4 is 34.3 Å². The van der Waals surface area contributed by atoms with Gasteiger partial charge in [-0.3, -0.25) is 14.4 Å². The van der Waals surface area contributed by atoms with Crippen molar-refractivity contribution in [2.24, 2.45) is 11.8 Å². The first-order valence-corrected chi connectivity index (χ1v) is 7.15. The molecule has 3 rings (SSSR count). The topological polar surface area (TPSA) is 87.6 Å². The lowest BCUT2D eigenvalue weighted by molar-refractivity contribution is -0.136. The fourth-order valence-corrected chi connectivity index (χ4v) is 3.46. The van der Waals surface area contributed by atoms with Gasteiger partial charge in [-0.05, 0) is 12.8 Å². The van der Waals surface area contributed by atoms with Crippen molar-refractivity contribution in [2.75, 3.05) is 4.90 Å². The Hall–Kier alpha value is -2.02. The van der Waals surface area contributed by atoms with E-state index in [2.05, 4.69) is 4.98 Å². The molecule has 0 aromatic carbocycles. The number of allylic oxidation sites excluding steroid dienone is 2. The zero-order chi connectivity index (χ0) is 14.3. The van der Waals surface area contributed by atoms with Gasteiger partial charge in [-0.2, -0.15) is 0 Å².